The second-order valence-electron chi connectivity index (χ2n) is 13.0. The first kappa shape index (κ1) is 27.5. The molecule has 5 nitrogen and oxygen atoms in total. The molecule has 4 aliphatic carbocycles. The van der Waals surface area contributed by atoms with Gasteiger partial charge in [0.2, 0.25) is 0 Å². The maximum atomic E-state index is 13.0. The van der Waals surface area contributed by atoms with Crippen molar-refractivity contribution >= 4 is 35.1 Å². The number of aromatic nitrogens is 1. The quantitative estimate of drug-likeness (QED) is 0.334. The lowest BCUT2D eigenvalue weighted by atomic mass is 9.46. The summed E-state index contributed by atoms with van der Waals surface area (Å²) < 4.78 is 5.98. The zero-order valence-electron chi connectivity index (χ0n) is 23.0. The average molecular weight is 539 g/mol. The van der Waals surface area contributed by atoms with Crippen LogP contribution in [0.3, 0.4) is 0 Å². The van der Waals surface area contributed by atoms with E-state index in [2.05, 4.69) is 31.0 Å². The summed E-state index contributed by atoms with van der Waals surface area (Å²) in [6.07, 6.45) is 13.4. The minimum Gasteiger partial charge on any atom is -0.457 e. The summed E-state index contributed by atoms with van der Waals surface area (Å²) in [6.45, 7) is 6.69. The van der Waals surface area contributed by atoms with Crippen LogP contribution in [0, 0.1) is 34.5 Å². The van der Waals surface area contributed by atoms with Gasteiger partial charge in [0.1, 0.15) is 17.9 Å². The maximum Gasteiger partial charge on any atom is 0.323 e. The van der Waals surface area contributed by atoms with Crippen LogP contribution in [0.2, 0.25) is 0 Å². The molecule has 3 saturated carbocycles. The van der Waals surface area contributed by atoms with Crippen molar-refractivity contribution < 1.29 is 14.3 Å². The zero-order chi connectivity index (χ0) is 25.9. The van der Waals surface area contributed by atoms with Gasteiger partial charge in [0.25, 0.3) is 0 Å². The number of fused-ring (bicyclic) bond motifs is 6. The molecule has 8 atom stereocenters. The molecular weight excluding hydrogens is 496 g/mol. The maximum absolute atomic E-state index is 13.0. The Morgan fingerprint density at radius 3 is 2.66 bits per heavy atom. The Balaban J connectivity index is 0.00000294. The van der Waals surface area contributed by atoms with Gasteiger partial charge in [-0.25, -0.2) is 0 Å². The number of carbonyl (C=O) groups is 2. The van der Waals surface area contributed by atoms with E-state index in [1.165, 1.54) is 31.3 Å². The van der Waals surface area contributed by atoms with E-state index in [9.17, 15) is 9.59 Å². The molecule has 1 aromatic heterocycles. The average Bonchev–Trinajstić information content (AvgIpc) is 3.45. The number of para-hydroxylation sites is 1. The third kappa shape index (κ3) is 4.34. The molecule has 0 amide bonds. The van der Waals surface area contributed by atoms with Gasteiger partial charge in [0.05, 0.1) is 0 Å². The number of ketones is 1. The van der Waals surface area contributed by atoms with Crippen LogP contribution in [0.5, 0.6) is 0 Å². The van der Waals surface area contributed by atoms with Crippen molar-refractivity contribution in [3.8, 4) is 0 Å². The van der Waals surface area contributed by atoms with Gasteiger partial charge in [0.15, 0.2) is 0 Å². The van der Waals surface area contributed by atoms with Crippen molar-refractivity contribution in [2.75, 3.05) is 0 Å². The Hall–Kier alpha value is -2.11. The van der Waals surface area contributed by atoms with Crippen LogP contribution >= 0.6 is 12.4 Å². The fourth-order valence-electron chi connectivity index (χ4n) is 9.31. The highest BCUT2D eigenvalue weighted by molar-refractivity contribution is 5.85. The van der Waals surface area contributed by atoms with Crippen molar-refractivity contribution in [2.45, 2.75) is 90.7 Å². The summed E-state index contributed by atoms with van der Waals surface area (Å²) in [4.78, 5) is 28.6. The number of rotatable bonds is 5. The lowest BCUT2D eigenvalue weighted by Crippen LogP contribution is -2.51. The second kappa shape index (κ2) is 10.1. The molecule has 0 saturated heterocycles. The SMILES string of the molecule is CC(=O)[C@H]1CCC2C3CCC4=C[C@@H](OC(=O)[C@@H](N)Cc5c[nH]c6ccccc56)CC[C@]4(C)C3CC[C@@]21C.Cl. The van der Waals surface area contributed by atoms with Gasteiger partial charge < -0.3 is 15.5 Å². The molecule has 38 heavy (non-hydrogen) atoms. The van der Waals surface area contributed by atoms with Crippen LogP contribution in [-0.2, 0) is 20.7 Å². The number of H-pyrrole nitrogens is 1. The minimum atomic E-state index is -0.672. The summed E-state index contributed by atoms with van der Waals surface area (Å²) >= 11 is 0. The Morgan fingerprint density at radius 1 is 1.08 bits per heavy atom. The number of esters is 1. The Morgan fingerprint density at radius 2 is 1.87 bits per heavy atom. The summed E-state index contributed by atoms with van der Waals surface area (Å²) in [7, 11) is 0. The van der Waals surface area contributed by atoms with Crippen molar-refractivity contribution in [1.82, 2.24) is 4.98 Å². The predicted molar refractivity (Wildman–Crippen MR) is 153 cm³/mol. The zero-order valence-corrected chi connectivity index (χ0v) is 23.8. The number of hydrogen-bond acceptors (Lipinski definition) is 4. The van der Waals surface area contributed by atoms with Crippen LogP contribution in [0.15, 0.2) is 42.1 Å². The third-order valence-corrected chi connectivity index (χ3v) is 11.2. The second-order valence-corrected chi connectivity index (χ2v) is 13.0. The molecule has 1 heterocycles. The topological polar surface area (TPSA) is 85.2 Å². The van der Waals surface area contributed by atoms with Gasteiger partial charge in [-0.05, 0) is 105 Å². The number of carbonyl (C=O) groups excluding carboxylic acids is 2. The molecule has 206 valence electrons. The molecule has 6 rings (SSSR count). The summed E-state index contributed by atoms with van der Waals surface area (Å²) in [5, 5.41) is 1.11. The monoisotopic (exact) mass is 538 g/mol. The van der Waals surface area contributed by atoms with Crippen LogP contribution in [-0.4, -0.2) is 28.9 Å². The highest BCUT2D eigenvalue weighted by Crippen LogP contribution is 2.66. The molecule has 1 aromatic carbocycles. The molecule has 0 radical (unpaired) electrons. The molecule has 0 bridgehead atoms. The highest BCUT2D eigenvalue weighted by atomic mass is 35.5. The first-order valence-corrected chi connectivity index (χ1v) is 14.4. The van der Waals surface area contributed by atoms with Crippen LogP contribution in [0.25, 0.3) is 10.9 Å². The number of allylic oxidation sites excluding steroid dienone is 1. The molecule has 0 aliphatic heterocycles. The molecular formula is C32H43ClN2O3. The number of hydrogen-bond donors (Lipinski definition) is 2. The van der Waals surface area contributed by atoms with Gasteiger partial charge in [-0.2, -0.15) is 0 Å². The third-order valence-electron chi connectivity index (χ3n) is 11.2. The Labute approximate surface area is 232 Å². The molecule has 3 unspecified atom stereocenters. The predicted octanol–water partition coefficient (Wildman–Crippen LogP) is 6.54. The molecule has 3 fully saturated rings. The largest absolute Gasteiger partial charge is 0.457 e. The molecule has 3 N–H and O–H groups in total. The van der Waals surface area contributed by atoms with E-state index in [1.807, 2.05) is 31.3 Å². The van der Waals surface area contributed by atoms with Crippen molar-refractivity contribution in [3.63, 3.8) is 0 Å². The van der Waals surface area contributed by atoms with Crippen LogP contribution < -0.4 is 5.73 Å². The first-order chi connectivity index (χ1) is 17.7. The number of nitrogens with one attached hydrogen (secondary N) is 1. The van der Waals surface area contributed by atoms with E-state index >= 15 is 0 Å². The van der Waals surface area contributed by atoms with Crippen molar-refractivity contribution in [3.05, 3.63) is 47.7 Å². The molecule has 0 spiro atoms. The highest BCUT2D eigenvalue weighted by Gasteiger charge is 2.59. The molecule has 4 aliphatic rings. The number of ether oxygens (including phenoxy) is 1. The lowest BCUT2D eigenvalue weighted by Gasteiger charge is -2.58. The van der Waals surface area contributed by atoms with Gasteiger partial charge in [-0.3, -0.25) is 9.59 Å². The summed E-state index contributed by atoms with van der Waals surface area (Å²) in [5.41, 5.74) is 10.3. The number of Topliss-reactive ketones (excluding diaryl/α,β-unsaturated/α-hetero) is 1. The van der Waals surface area contributed by atoms with E-state index in [-0.39, 0.29) is 41.2 Å². The van der Waals surface area contributed by atoms with Gasteiger partial charge in [-0.15, -0.1) is 12.4 Å². The number of halogens is 1. The Bertz CT molecular complexity index is 1250. The van der Waals surface area contributed by atoms with E-state index < -0.39 is 6.04 Å². The number of benzene rings is 1. The smallest absolute Gasteiger partial charge is 0.323 e. The van der Waals surface area contributed by atoms with E-state index in [1.54, 1.807) is 0 Å². The lowest BCUT2D eigenvalue weighted by molar-refractivity contribution is -0.150. The normalized spacial score (nSPS) is 36.7. The van der Waals surface area contributed by atoms with Crippen LogP contribution in [0.4, 0.5) is 0 Å². The van der Waals surface area contributed by atoms with E-state index in [4.69, 9.17) is 10.5 Å². The van der Waals surface area contributed by atoms with E-state index in [0.29, 0.717) is 30.0 Å². The van der Waals surface area contributed by atoms with Gasteiger partial charge in [0, 0.05) is 29.4 Å². The standard InChI is InChI=1S/C32H42N2O3.ClH/c1-19(35)25-10-11-26-24-9-8-21-17-22(12-14-31(21,2)27(24)13-15-32(25,26)3)37-30(36)28(33)16-20-18-34-29-7-5-4-6-23(20)29;/h4-7,17-18,22,24-28,34H,8-16,33H2,1-3H3;1H/t22-,24?,25+,26?,27?,28-,31-,32+;/m0./s1. The summed E-state index contributed by atoms with van der Waals surface area (Å²) in [6, 6.07) is 7.42. The van der Waals surface area contributed by atoms with Crippen LogP contribution in [0.1, 0.15) is 77.7 Å². The minimum absolute atomic E-state index is 0. The van der Waals surface area contributed by atoms with Crippen molar-refractivity contribution in [1.29, 1.82) is 0 Å². The fraction of sp³-hybridized carbons (Fsp3) is 0.625. The first-order valence-electron chi connectivity index (χ1n) is 14.4. The molecule has 6 heteroatoms. The van der Waals surface area contributed by atoms with Gasteiger partial charge in [-0.1, -0.05) is 37.6 Å². The number of nitrogens with two attached hydrogens (primary N) is 1. The number of aromatic amines is 1. The van der Waals surface area contributed by atoms with Gasteiger partial charge >= 0.3 is 5.97 Å². The molecule has 2 aromatic rings. The van der Waals surface area contributed by atoms with Crippen molar-refractivity contribution in [2.24, 2.45) is 40.2 Å². The fourth-order valence-corrected chi connectivity index (χ4v) is 9.31. The van der Waals surface area contributed by atoms with E-state index in [0.717, 1.165) is 42.1 Å². The Kier molecular flexibility index (Phi) is 7.32. The summed E-state index contributed by atoms with van der Waals surface area (Å²) in [5.74, 6) is 2.42.